The molecule has 2 aliphatic heterocycles. The molecule has 1 aromatic carbocycles. The summed E-state index contributed by atoms with van der Waals surface area (Å²) in [5.41, 5.74) is 2.79. The number of ether oxygens (including phenoxy) is 2. The molecule has 2 aliphatic rings. The Morgan fingerprint density at radius 2 is 2.21 bits per heavy atom. The van der Waals surface area contributed by atoms with E-state index in [1.54, 1.807) is 7.11 Å². The Bertz CT molecular complexity index is 421. The lowest BCUT2D eigenvalue weighted by atomic mass is 9.87. The first kappa shape index (κ1) is 12.9. The van der Waals surface area contributed by atoms with E-state index in [4.69, 9.17) is 9.47 Å². The Morgan fingerprint density at radius 1 is 1.26 bits per heavy atom. The second-order valence-corrected chi connectivity index (χ2v) is 5.61. The van der Waals surface area contributed by atoms with Crippen LogP contribution in [0.15, 0.2) is 18.2 Å². The number of methoxy groups -OCH3 is 1. The minimum atomic E-state index is 0.571. The number of rotatable bonds is 3. The number of hydrogen-bond donors (Lipinski definition) is 1. The van der Waals surface area contributed by atoms with Crippen LogP contribution in [0.3, 0.4) is 0 Å². The van der Waals surface area contributed by atoms with Gasteiger partial charge in [0.1, 0.15) is 5.75 Å². The molecule has 0 amide bonds. The van der Waals surface area contributed by atoms with E-state index in [1.807, 2.05) is 0 Å². The van der Waals surface area contributed by atoms with Crippen molar-refractivity contribution in [2.75, 3.05) is 33.4 Å². The molecule has 0 aromatic heterocycles. The standard InChI is InChI=1S/C16H23NO2/c1-18-16-5-4-12(14-6-8-19-11-14)9-15(16)13-3-2-7-17-10-13/h4-5,9,13-14,17H,2-3,6-8,10-11H2,1H3. The van der Waals surface area contributed by atoms with E-state index in [0.29, 0.717) is 11.8 Å². The first-order valence-electron chi connectivity index (χ1n) is 7.35. The van der Waals surface area contributed by atoms with Crippen molar-refractivity contribution in [3.63, 3.8) is 0 Å². The van der Waals surface area contributed by atoms with E-state index in [1.165, 1.54) is 24.0 Å². The van der Waals surface area contributed by atoms with Gasteiger partial charge in [-0.25, -0.2) is 0 Å². The van der Waals surface area contributed by atoms with Crippen LogP contribution in [0.2, 0.25) is 0 Å². The second-order valence-electron chi connectivity index (χ2n) is 5.61. The predicted octanol–water partition coefficient (Wildman–Crippen LogP) is 2.67. The summed E-state index contributed by atoms with van der Waals surface area (Å²) in [7, 11) is 1.77. The lowest BCUT2D eigenvalue weighted by molar-refractivity contribution is 0.194. The zero-order chi connectivity index (χ0) is 13.1. The van der Waals surface area contributed by atoms with Crippen LogP contribution in [0.4, 0.5) is 0 Å². The maximum Gasteiger partial charge on any atom is 0.122 e. The normalized spacial score (nSPS) is 27.4. The van der Waals surface area contributed by atoms with E-state index in [9.17, 15) is 0 Å². The van der Waals surface area contributed by atoms with Gasteiger partial charge in [0, 0.05) is 25.0 Å². The minimum Gasteiger partial charge on any atom is -0.496 e. The molecular weight excluding hydrogens is 238 g/mol. The highest BCUT2D eigenvalue weighted by Crippen LogP contribution is 2.35. The van der Waals surface area contributed by atoms with Crippen LogP contribution in [-0.2, 0) is 4.74 Å². The van der Waals surface area contributed by atoms with Gasteiger partial charge in [-0.3, -0.25) is 0 Å². The number of hydrogen-bond acceptors (Lipinski definition) is 3. The molecule has 1 N–H and O–H groups in total. The van der Waals surface area contributed by atoms with E-state index in [-0.39, 0.29) is 0 Å². The lowest BCUT2D eigenvalue weighted by Gasteiger charge is -2.25. The van der Waals surface area contributed by atoms with Gasteiger partial charge in [0.2, 0.25) is 0 Å². The third-order valence-electron chi connectivity index (χ3n) is 4.39. The zero-order valence-corrected chi connectivity index (χ0v) is 11.7. The van der Waals surface area contributed by atoms with Gasteiger partial charge in [-0.15, -0.1) is 0 Å². The Labute approximate surface area is 115 Å². The molecule has 2 unspecified atom stereocenters. The Morgan fingerprint density at radius 3 is 2.89 bits per heavy atom. The average Bonchev–Trinajstić information content (AvgIpc) is 3.02. The van der Waals surface area contributed by atoms with Crippen molar-refractivity contribution in [2.45, 2.75) is 31.1 Å². The van der Waals surface area contributed by atoms with Crippen molar-refractivity contribution in [1.29, 1.82) is 0 Å². The molecule has 0 bridgehead atoms. The van der Waals surface area contributed by atoms with Gasteiger partial charge in [0.05, 0.1) is 13.7 Å². The topological polar surface area (TPSA) is 30.5 Å². The third-order valence-corrected chi connectivity index (χ3v) is 4.39. The highest BCUT2D eigenvalue weighted by atomic mass is 16.5. The van der Waals surface area contributed by atoms with E-state index in [0.717, 1.165) is 38.5 Å². The van der Waals surface area contributed by atoms with Crippen molar-refractivity contribution < 1.29 is 9.47 Å². The van der Waals surface area contributed by atoms with Crippen LogP contribution >= 0.6 is 0 Å². The maximum atomic E-state index is 5.56. The van der Waals surface area contributed by atoms with Gasteiger partial charge >= 0.3 is 0 Å². The van der Waals surface area contributed by atoms with Crippen molar-refractivity contribution in [2.24, 2.45) is 0 Å². The first-order valence-corrected chi connectivity index (χ1v) is 7.35. The Hall–Kier alpha value is -1.06. The summed E-state index contributed by atoms with van der Waals surface area (Å²) in [6.45, 7) is 3.99. The molecule has 2 atom stereocenters. The highest BCUT2D eigenvalue weighted by molar-refractivity contribution is 5.41. The molecular formula is C16H23NO2. The summed E-state index contributed by atoms with van der Waals surface area (Å²) in [6, 6.07) is 6.70. The fourth-order valence-electron chi connectivity index (χ4n) is 3.24. The molecule has 3 heteroatoms. The smallest absolute Gasteiger partial charge is 0.122 e. The van der Waals surface area contributed by atoms with Gasteiger partial charge in [-0.05, 0) is 43.0 Å². The Balaban J connectivity index is 1.87. The maximum absolute atomic E-state index is 5.56. The van der Waals surface area contributed by atoms with E-state index < -0.39 is 0 Å². The first-order chi connectivity index (χ1) is 9.38. The van der Waals surface area contributed by atoms with Gasteiger partial charge in [-0.2, -0.15) is 0 Å². The molecule has 0 spiro atoms. The van der Waals surface area contributed by atoms with Crippen LogP contribution in [0, 0.1) is 0 Å². The number of piperidine rings is 1. The molecule has 1 aromatic rings. The quantitative estimate of drug-likeness (QED) is 0.907. The second kappa shape index (κ2) is 5.93. The number of nitrogens with one attached hydrogen (secondary N) is 1. The van der Waals surface area contributed by atoms with Crippen LogP contribution in [0.1, 0.15) is 42.2 Å². The van der Waals surface area contributed by atoms with E-state index in [2.05, 4.69) is 23.5 Å². The van der Waals surface area contributed by atoms with Gasteiger partial charge in [0.15, 0.2) is 0 Å². The average molecular weight is 261 g/mol. The van der Waals surface area contributed by atoms with Crippen molar-refractivity contribution >= 4 is 0 Å². The largest absolute Gasteiger partial charge is 0.496 e. The molecule has 19 heavy (non-hydrogen) atoms. The molecule has 2 saturated heterocycles. The summed E-state index contributed by atoms with van der Waals surface area (Å²) >= 11 is 0. The summed E-state index contributed by atoms with van der Waals surface area (Å²) in [5.74, 6) is 2.20. The van der Waals surface area contributed by atoms with Crippen LogP contribution < -0.4 is 10.1 Å². The summed E-state index contributed by atoms with van der Waals surface area (Å²) in [6.07, 6.45) is 3.66. The lowest BCUT2D eigenvalue weighted by Crippen LogP contribution is -2.28. The summed E-state index contributed by atoms with van der Waals surface area (Å²) in [5, 5.41) is 3.49. The van der Waals surface area contributed by atoms with Crippen molar-refractivity contribution in [3.05, 3.63) is 29.3 Å². The minimum absolute atomic E-state index is 0.571. The Kier molecular flexibility index (Phi) is 4.04. The van der Waals surface area contributed by atoms with Crippen LogP contribution in [0.5, 0.6) is 5.75 Å². The molecule has 3 rings (SSSR count). The molecule has 2 heterocycles. The fraction of sp³-hybridized carbons (Fsp3) is 0.625. The van der Waals surface area contributed by atoms with Gasteiger partial charge in [0.25, 0.3) is 0 Å². The molecule has 0 radical (unpaired) electrons. The predicted molar refractivity (Wildman–Crippen MR) is 76.0 cm³/mol. The summed E-state index contributed by atoms with van der Waals surface area (Å²) in [4.78, 5) is 0. The molecule has 0 aliphatic carbocycles. The summed E-state index contributed by atoms with van der Waals surface area (Å²) < 4.78 is 11.1. The van der Waals surface area contributed by atoms with Crippen LogP contribution in [0.25, 0.3) is 0 Å². The van der Waals surface area contributed by atoms with Crippen LogP contribution in [-0.4, -0.2) is 33.4 Å². The fourth-order valence-corrected chi connectivity index (χ4v) is 3.24. The monoisotopic (exact) mass is 261 g/mol. The van der Waals surface area contributed by atoms with Gasteiger partial charge < -0.3 is 14.8 Å². The molecule has 0 saturated carbocycles. The molecule has 2 fully saturated rings. The van der Waals surface area contributed by atoms with Gasteiger partial charge in [-0.1, -0.05) is 12.1 Å². The highest BCUT2D eigenvalue weighted by Gasteiger charge is 2.23. The third kappa shape index (κ3) is 2.77. The van der Waals surface area contributed by atoms with E-state index >= 15 is 0 Å². The van der Waals surface area contributed by atoms with Crippen molar-refractivity contribution in [1.82, 2.24) is 5.32 Å². The molecule has 3 nitrogen and oxygen atoms in total. The SMILES string of the molecule is COc1ccc(C2CCOC2)cc1C1CCCNC1. The zero-order valence-electron chi connectivity index (χ0n) is 11.7. The molecule has 104 valence electrons. The number of benzene rings is 1. The van der Waals surface area contributed by atoms with Crippen molar-refractivity contribution in [3.8, 4) is 5.75 Å².